The number of aromatic hydroxyl groups is 1. The lowest BCUT2D eigenvalue weighted by molar-refractivity contribution is -0.138. The van der Waals surface area contributed by atoms with E-state index in [1.165, 1.54) is 0 Å². The normalized spacial score (nSPS) is 16.6. The number of phenols is 1. The molecule has 23 heavy (non-hydrogen) atoms. The van der Waals surface area contributed by atoms with E-state index in [2.05, 4.69) is 24.1 Å². The highest BCUT2D eigenvalue weighted by molar-refractivity contribution is 5.83. The van der Waals surface area contributed by atoms with Crippen LogP contribution in [0.15, 0.2) is 24.3 Å². The first-order valence-electron chi connectivity index (χ1n) is 8.69. The number of hydrogen-bond donors (Lipinski definition) is 2. The van der Waals surface area contributed by atoms with E-state index < -0.39 is 0 Å². The van der Waals surface area contributed by atoms with Gasteiger partial charge in [-0.1, -0.05) is 32.4 Å². The average molecular weight is 319 g/mol. The fourth-order valence-corrected chi connectivity index (χ4v) is 3.09. The average Bonchev–Trinajstić information content (AvgIpc) is 2.59. The topological polar surface area (TPSA) is 55.8 Å². The van der Waals surface area contributed by atoms with Crippen molar-refractivity contribution in [3.05, 3.63) is 29.8 Å². The molecule has 0 bridgehead atoms. The van der Waals surface area contributed by atoms with Gasteiger partial charge in [0.1, 0.15) is 11.8 Å². The van der Waals surface area contributed by atoms with Gasteiger partial charge in [-0.15, -0.1) is 0 Å². The second-order valence-corrected chi connectivity index (χ2v) is 6.05. The number of piperazine rings is 1. The minimum absolute atomic E-state index is 0.148. The van der Waals surface area contributed by atoms with Crippen LogP contribution < -0.4 is 5.32 Å². The van der Waals surface area contributed by atoms with Crippen molar-refractivity contribution in [2.75, 3.05) is 39.3 Å². The van der Waals surface area contributed by atoms with Crippen LogP contribution in [0.5, 0.6) is 5.75 Å². The predicted octanol–water partition coefficient (Wildman–Crippen LogP) is 1.99. The highest BCUT2D eigenvalue weighted by Gasteiger charge is 2.31. The van der Waals surface area contributed by atoms with Crippen LogP contribution >= 0.6 is 0 Å². The molecule has 0 aromatic heterocycles. The summed E-state index contributed by atoms with van der Waals surface area (Å²) >= 11 is 0. The molecule has 0 spiro atoms. The molecule has 0 radical (unpaired) electrons. The Balaban J connectivity index is 2.27. The number of benzene rings is 1. The number of unbranched alkanes of at least 4 members (excludes halogenated alkanes) is 1. The van der Waals surface area contributed by atoms with Crippen LogP contribution in [0, 0.1) is 0 Å². The fraction of sp³-hybridized carbons (Fsp3) is 0.611. The monoisotopic (exact) mass is 319 g/mol. The Morgan fingerprint density at radius 3 is 2.70 bits per heavy atom. The van der Waals surface area contributed by atoms with Gasteiger partial charge in [0.15, 0.2) is 0 Å². The van der Waals surface area contributed by atoms with Gasteiger partial charge >= 0.3 is 0 Å². The summed E-state index contributed by atoms with van der Waals surface area (Å²) in [6.45, 7) is 9.16. The van der Waals surface area contributed by atoms with E-state index in [1.54, 1.807) is 12.1 Å². The number of rotatable bonds is 7. The standard InChI is InChI=1S/C18H29N3O2/c1-3-5-11-20(4-2)17(15-7-6-8-16(22)14-15)18(23)21-12-9-19-10-13-21/h6-8,14,17,19,22H,3-5,9-13H2,1-2H3. The molecule has 1 unspecified atom stereocenters. The minimum atomic E-state index is -0.309. The van der Waals surface area contributed by atoms with E-state index in [-0.39, 0.29) is 17.7 Å². The van der Waals surface area contributed by atoms with Gasteiger partial charge in [0.2, 0.25) is 5.91 Å². The smallest absolute Gasteiger partial charge is 0.244 e. The van der Waals surface area contributed by atoms with Crippen molar-refractivity contribution in [1.29, 1.82) is 0 Å². The zero-order chi connectivity index (χ0) is 16.7. The van der Waals surface area contributed by atoms with Crippen LogP contribution in [0.25, 0.3) is 0 Å². The molecule has 0 saturated carbocycles. The van der Waals surface area contributed by atoms with Crippen LogP contribution in [-0.4, -0.2) is 60.1 Å². The fourth-order valence-electron chi connectivity index (χ4n) is 3.09. The van der Waals surface area contributed by atoms with E-state index in [9.17, 15) is 9.90 Å². The minimum Gasteiger partial charge on any atom is -0.508 e. The molecule has 2 N–H and O–H groups in total. The van der Waals surface area contributed by atoms with Crippen molar-refractivity contribution in [2.45, 2.75) is 32.7 Å². The first-order chi connectivity index (χ1) is 11.2. The maximum Gasteiger partial charge on any atom is 0.244 e. The Morgan fingerprint density at radius 1 is 1.35 bits per heavy atom. The Labute approximate surface area is 139 Å². The number of amides is 1. The van der Waals surface area contributed by atoms with E-state index in [4.69, 9.17) is 0 Å². The highest BCUT2D eigenvalue weighted by atomic mass is 16.3. The number of carbonyl (C=O) groups excluding carboxylic acids is 1. The van der Waals surface area contributed by atoms with E-state index in [1.807, 2.05) is 17.0 Å². The molecule has 5 heteroatoms. The molecule has 2 rings (SSSR count). The van der Waals surface area contributed by atoms with Crippen molar-refractivity contribution < 1.29 is 9.90 Å². The zero-order valence-electron chi connectivity index (χ0n) is 14.3. The lowest BCUT2D eigenvalue weighted by Crippen LogP contribution is -2.50. The van der Waals surface area contributed by atoms with Crippen molar-refractivity contribution >= 4 is 5.91 Å². The Hall–Kier alpha value is -1.59. The van der Waals surface area contributed by atoms with Gasteiger partial charge < -0.3 is 15.3 Å². The predicted molar refractivity (Wildman–Crippen MR) is 92.5 cm³/mol. The number of carbonyl (C=O) groups is 1. The molecule has 1 fully saturated rings. The van der Waals surface area contributed by atoms with E-state index >= 15 is 0 Å². The molecule has 1 amide bonds. The molecule has 128 valence electrons. The van der Waals surface area contributed by atoms with E-state index in [0.29, 0.717) is 0 Å². The van der Waals surface area contributed by atoms with Crippen molar-refractivity contribution in [1.82, 2.24) is 15.1 Å². The third-order valence-corrected chi connectivity index (χ3v) is 4.42. The first kappa shape index (κ1) is 17.8. The summed E-state index contributed by atoms with van der Waals surface area (Å²) in [7, 11) is 0. The molecule has 0 aliphatic carbocycles. The number of nitrogens with zero attached hydrogens (tertiary/aromatic N) is 2. The maximum atomic E-state index is 13.1. The lowest BCUT2D eigenvalue weighted by atomic mass is 10.0. The van der Waals surface area contributed by atoms with Gasteiger partial charge in [-0.2, -0.15) is 0 Å². The van der Waals surface area contributed by atoms with Gasteiger partial charge in [-0.3, -0.25) is 9.69 Å². The van der Waals surface area contributed by atoms with Crippen LogP contribution in [-0.2, 0) is 4.79 Å². The summed E-state index contributed by atoms with van der Waals surface area (Å²) in [4.78, 5) is 17.3. The number of nitrogens with one attached hydrogen (secondary N) is 1. The molecule has 1 atom stereocenters. The zero-order valence-corrected chi connectivity index (χ0v) is 14.3. The molecule has 5 nitrogen and oxygen atoms in total. The maximum absolute atomic E-state index is 13.1. The summed E-state index contributed by atoms with van der Waals surface area (Å²) in [5.41, 5.74) is 0.881. The first-order valence-corrected chi connectivity index (χ1v) is 8.69. The molecule has 1 saturated heterocycles. The second-order valence-electron chi connectivity index (χ2n) is 6.05. The summed E-state index contributed by atoms with van der Waals surface area (Å²) in [5, 5.41) is 13.1. The van der Waals surface area contributed by atoms with Crippen LogP contribution in [0.4, 0.5) is 0 Å². The lowest BCUT2D eigenvalue weighted by Gasteiger charge is -2.36. The van der Waals surface area contributed by atoms with Crippen molar-refractivity contribution in [3.8, 4) is 5.75 Å². The Morgan fingerprint density at radius 2 is 2.09 bits per heavy atom. The summed E-state index contributed by atoms with van der Waals surface area (Å²) in [6.07, 6.45) is 2.17. The second kappa shape index (κ2) is 8.89. The Bertz CT molecular complexity index is 501. The molecular weight excluding hydrogens is 290 g/mol. The van der Waals surface area contributed by atoms with Crippen LogP contribution in [0.3, 0.4) is 0 Å². The van der Waals surface area contributed by atoms with Crippen molar-refractivity contribution in [2.24, 2.45) is 0 Å². The summed E-state index contributed by atoms with van der Waals surface area (Å²) in [5.74, 6) is 0.363. The quantitative estimate of drug-likeness (QED) is 0.807. The molecule has 1 aliphatic rings. The third-order valence-electron chi connectivity index (χ3n) is 4.42. The van der Waals surface area contributed by atoms with Crippen molar-refractivity contribution in [3.63, 3.8) is 0 Å². The van der Waals surface area contributed by atoms with Gasteiger partial charge in [-0.25, -0.2) is 0 Å². The molecule has 1 heterocycles. The number of likely N-dealkylation sites (N-methyl/N-ethyl adjacent to an activating group) is 1. The summed E-state index contributed by atoms with van der Waals surface area (Å²) < 4.78 is 0. The van der Waals surface area contributed by atoms with Gasteiger partial charge in [0.05, 0.1) is 0 Å². The molecule has 1 aromatic carbocycles. The molecule has 1 aliphatic heterocycles. The molecular formula is C18H29N3O2. The summed E-state index contributed by atoms with van der Waals surface area (Å²) in [6, 6.07) is 6.82. The number of phenolic OH excluding ortho intramolecular Hbond substituents is 1. The van der Waals surface area contributed by atoms with Crippen LogP contribution in [0.2, 0.25) is 0 Å². The largest absolute Gasteiger partial charge is 0.508 e. The van der Waals surface area contributed by atoms with Gasteiger partial charge in [0, 0.05) is 26.2 Å². The van der Waals surface area contributed by atoms with Gasteiger partial charge in [-0.05, 0) is 37.2 Å². The Kier molecular flexibility index (Phi) is 6.86. The SMILES string of the molecule is CCCCN(CC)C(C(=O)N1CCNCC1)c1cccc(O)c1. The number of hydrogen-bond acceptors (Lipinski definition) is 4. The molecule has 1 aromatic rings. The third kappa shape index (κ3) is 4.69. The highest BCUT2D eigenvalue weighted by Crippen LogP contribution is 2.26. The van der Waals surface area contributed by atoms with Gasteiger partial charge in [0.25, 0.3) is 0 Å². The van der Waals surface area contributed by atoms with E-state index in [0.717, 1.165) is 57.7 Å². The van der Waals surface area contributed by atoms with Crippen LogP contribution in [0.1, 0.15) is 38.3 Å².